The van der Waals surface area contributed by atoms with Gasteiger partial charge in [-0.15, -0.1) is 11.8 Å². The molecule has 30 heavy (non-hydrogen) atoms. The molecule has 4 heteroatoms. The SMILES string of the molecule is CCCC1C(CC)CCC2C1CCC1(C)C(C(=O)CN=CC(=CN)SC)C3CC3C21. The Morgan fingerprint density at radius 3 is 2.63 bits per heavy atom. The summed E-state index contributed by atoms with van der Waals surface area (Å²) in [5.74, 6) is 6.60. The quantitative estimate of drug-likeness (QED) is 0.485. The first kappa shape index (κ1) is 22.4. The molecule has 4 saturated carbocycles. The number of carbonyl (C=O) groups excluding carboxylic acids is 1. The molecule has 0 aromatic carbocycles. The molecule has 4 fully saturated rings. The van der Waals surface area contributed by atoms with E-state index in [1.54, 1.807) is 24.2 Å². The predicted octanol–water partition coefficient (Wildman–Crippen LogP) is 5.94. The topological polar surface area (TPSA) is 55.5 Å². The predicted molar refractivity (Wildman–Crippen MR) is 128 cm³/mol. The lowest BCUT2D eigenvalue weighted by Gasteiger charge is -2.55. The number of carbonyl (C=O) groups is 1. The Bertz CT molecular complexity index is 703. The fourth-order valence-electron chi connectivity index (χ4n) is 8.58. The summed E-state index contributed by atoms with van der Waals surface area (Å²) in [7, 11) is 0. The molecule has 9 unspecified atom stereocenters. The van der Waals surface area contributed by atoms with Crippen LogP contribution in [0.3, 0.4) is 0 Å². The van der Waals surface area contributed by atoms with Gasteiger partial charge in [-0.25, -0.2) is 0 Å². The minimum absolute atomic E-state index is 0.225. The molecule has 0 aliphatic heterocycles. The van der Waals surface area contributed by atoms with Crippen LogP contribution < -0.4 is 5.73 Å². The fourth-order valence-corrected chi connectivity index (χ4v) is 8.90. The first-order valence-corrected chi connectivity index (χ1v) is 13.7. The maximum atomic E-state index is 13.4. The van der Waals surface area contributed by atoms with Gasteiger partial charge in [0.05, 0.1) is 6.54 Å². The number of ketones is 1. The summed E-state index contributed by atoms with van der Waals surface area (Å²) in [5.41, 5.74) is 5.84. The maximum Gasteiger partial charge on any atom is 0.158 e. The van der Waals surface area contributed by atoms with E-state index in [9.17, 15) is 4.79 Å². The van der Waals surface area contributed by atoms with Crippen LogP contribution in [0.15, 0.2) is 16.1 Å². The van der Waals surface area contributed by atoms with E-state index < -0.39 is 0 Å². The van der Waals surface area contributed by atoms with Crippen LogP contribution in [0.4, 0.5) is 0 Å². The summed E-state index contributed by atoms with van der Waals surface area (Å²) in [5, 5.41) is 0. The van der Waals surface area contributed by atoms with Crippen LogP contribution in [0, 0.1) is 52.8 Å². The van der Waals surface area contributed by atoms with Crippen molar-refractivity contribution in [1.29, 1.82) is 0 Å². The molecule has 4 rings (SSSR count). The second kappa shape index (κ2) is 9.00. The zero-order valence-electron chi connectivity index (χ0n) is 19.5. The summed E-state index contributed by atoms with van der Waals surface area (Å²) in [6, 6.07) is 0. The molecule has 0 aromatic heterocycles. The highest BCUT2D eigenvalue weighted by atomic mass is 32.2. The van der Waals surface area contributed by atoms with Crippen molar-refractivity contribution in [3.05, 3.63) is 11.1 Å². The molecule has 4 aliphatic carbocycles. The number of aliphatic imine (C=N–C) groups is 1. The number of fused-ring (bicyclic) bond motifs is 5. The van der Waals surface area contributed by atoms with Crippen LogP contribution >= 0.6 is 11.8 Å². The third kappa shape index (κ3) is 3.69. The van der Waals surface area contributed by atoms with Gasteiger partial charge in [0.2, 0.25) is 0 Å². The van der Waals surface area contributed by atoms with Crippen LogP contribution in [0.25, 0.3) is 0 Å². The highest BCUT2D eigenvalue weighted by Crippen LogP contribution is 2.74. The first-order chi connectivity index (χ1) is 14.5. The van der Waals surface area contributed by atoms with E-state index in [4.69, 9.17) is 5.73 Å². The number of rotatable bonds is 8. The van der Waals surface area contributed by atoms with Crippen molar-refractivity contribution in [2.75, 3.05) is 12.8 Å². The smallest absolute Gasteiger partial charge is 0.158 e. The second-order valence-electron chi connectivity index (χ2n) is 10.8. The van der Waals surface area contributed by atoms with Crippen molar-refractivity contribution in [3.8, 4) is 0 Å². The molecular weight excluding hydrogens is 388 g/mol. The van der Waals surface area contributed by atoms with Crippen LogP contribution in [-0.4, -0.2) is 24.8 Å². The molecule has 4 aliphatic rings. The molecule has 168 valence electrons. The zero-order valence-corrected chi connectivity index (χ0v) is 20.3. The van der Waals surface area contributed by atoms with Crippen LogP contribution in [0.5, 0.6) is 0 Å². The van der Waals surface area contributed by atoms with E-state index in [0.717, 1.165) is 40.4 Å². The van der Waals surface area contributed by atoms with Crippen molar-refractivity contribution in [1.82, 2.24) is 0 Å². The number of nitrogens with two attached hydrogens (primary N) is 1. The second-order valence-corrected chi connectivity index (χ2v) is 11.7. The zero-order chi connectivity index (χ0) is 21.5. The van der Waals surface area contributed by atoms with Gasteiger partial charge in [0.25, 0.3) is 0 Å². The fraction of sp³-hybridized carbons (Fsp3) is 0.846. The van der Waals surface area contributed by atoms with E-state index in [1.807, 2.05) is 6.26 Å². The van der Waals surface area contributed by atoms with Gasteiger partial charge in [-0.1, -0.05) is 40.0 Å². The minimum atomic E-state index is 0.225. The maximum absolute atomic E-state index is 13.4. The third-order valence-electron chi connectivity index (χ3n) is 9.67. The van der Waals surface area contributed by atoms with Gasteiger partial charge in [-0.3, -0.25) is 9.79 Å². The van der Waals surface area contributed by atoms with Gasteiger partial charge in [0.15, 0.2) is 5.78 Å². The number of hydrogen-bond donors (Lipinski definition) is 1. The van der Waals surface area contributed by atoms with Crippen molar-refractivity contribution in [2.24, 2.45) is 63.5 Å². The van der Waals surface area contributed by atoms with Crippen molar-refractivity contribution in [2.45, 2.75) is 72.1 Å². The first-order valence-electron chi connectivity index (χ1n) is 12.5. The Kier molecular flexibility index (Phi) is 6.73. The van der Waals surface area contributed by atoms with E-state index in [1.165, 1.54) is 51.4 Å². The lowest BCUT2D eigenvalue weighted by Crippen LogP contribution is -2.50. The molecule has 3 nitrogen and oxygen atoms in total. The van der Waals surface area contributed by atoms with Gasteiger partial charge in [-0.05, 0) is 85.2 Å². The minimum Gasteiger partial charge on any atom is -0.404 e. The lowest BCUT2D eigenvalue weighted by atomic mass is 9.49. The van der Waals surface area contributed by atoms with Crippen molar-refractivity contribution < 1.29 is 4.79 Å². The van der Waals surface area contributed by atoms with Crippen molar-refractivity contribution >= 4 is 23.8 Å². The lowest BCUT2D eigenvalue weighted by molar-refractivity contribution is -0.131. The number of nitrogens with zero attached hydrogens (tertiary/aromatic N) is 1. The highest BCUT2D eigenvalue weighted by molar-refractivity contribution is 8.03. The van der Waals surface area contributed by atoms with E-state index >= 15 is 0 Å². The molecule has 0 radical (unpaired) electrons. The van der Waals surface area contributed by atoms with E-state index in [-0.39, 0.29) is 11.3 Å². The normalized spacial score (nSPS) is 45.1. The van der Waals surface area contributed by atoms with Gasteiger partial charge in [-0.2, -0.15) is 0 Å². The Balaban J connectivity index is 1.51. The highest BCUT2D eigenvalue weighted by Gasteiger charge is 2.70. The average molecular weight is 431 g/mol. The summed E-state index contributed by atoms with van der Waals surface area (Å²) >= 11 is 1.57. The Labute approximate surface area is 188 Å². The van der Waals surface area contributed by atoms with Crippen LogP contribution in [-0.2, 0) is 4.79 Å². The molecule has 0 saturated heterocycles. The molecule has 2 N–H and O–H groups in total. The van der Waals surface area contributed by atoms with Crippen molar-refractivity contribution in [3.63, 3.8) is 0 Å². The summed E-state index contributed by atoms with van der Waals surface area (Å²) in [4.78, 5) is 18.8. The summed E-state index contributed by atoms with van der Waals surface area (Å²) in [6.45, 7) is 7.59. The van der Waals surface area contributed by atoms with Gasteiger partial charge >= 0.3 is 0 Å². The van der Waals surface area contributed by atoms with Gasteiger partial charge in [0, 0.05) is 23.2 Å². The molecule has 0 amide bonds. The standard InChI is InChI=1S/C26H42N2OS/c1-5-7-18-16(6-2)8-9-20-19(18)10-11-26(3)24(20)21-12-22(21)25(26)23(29)15-28-14-17(13-27)30-4/h13-14,16,18-22,24-25H,5-12,15,27H2,1-4H3. The molecule has 0 aromatic rings. The Morgan fingerprint density at radius 2 is 1.97 bits per heavy atom. The van der Waals surface area contributed by atoms with Gasteiger partial charge in [0.1, 0.15) is 0 Å². The number of thioether (sulfide) groups is 1. The Morgan fingerprint density at radius 1 is 1.17 bits per heavy atom. The van der Waals surface area contributed by atoms with Crippen LogP contribution in [0.2, 0.25) is 0 Å². The molecule has 9 atom stereocenters. The molecule has 0 spiro atoms. The van der Waals surface area contributed by atoms with E-state index in [0.29, 0.717) is 18.2 Å². The summed E-state index contributed by atoms with van der Waals surface area (Å²) < 4.78 is 0. The number of Topliss-reactive ketones (excluding diaryl/α,β-unsaturated/α-hetero) is 1. The van der Waals surface area contributed by atoms with Gasteiger partial charge < -0.3 is 5.73 Å². The molecule has 0 heterocycles. The number of hydrogen-bond acceptors (Lipinski definition) is 4. The molecule has 0 bridgehead atoms. The third-order valence-corrected chi connectivity index (χ3v) is 10.4. The van der Waals surface area contributed by atoms with E-state index in [2.05, 4.69) is 25.8 Å². The summed E-state index contributed by atoms with van der Waals surface area (Å²) in [6.07, 6.45) is 16.2. The molecular formula is C26H42N2OS. The number of allylic oxidation sites excluding steroid dienone is 1. The monoisotopic (exact) mass is 430 g/mol. The largest absolute Gasteiger partial charge is 0.404 e. The Hall–Kier alpha value is -0.770. The van der Waals surface area contributed by atoms with Crippen LogP contribution in [0.1, 0.15) is 72.1 Å². The average Bonchev–Trinajstić information content (AvgIpc) is 3.45.